The van der Waals surface area contributed by atoms with Gasteiger partial charge in [0.25, 0.3) is 0 Å². The summed E-state index contributed by atoms with van der Waals surface area (Å²) < 4.78 is 0. The number of hydrogen-bond donors (Lipinski definition) is 3. The number of hydrogen-bond acceptors (Lipinski definition) is 3. The van der Waals surface area contributed by atoms with Crippen molar-refractivity contribution in [3.05, 3.63) is 70.3 Å². The average Bonchev–Trinajstić information content (AvgIpc) is 2.75. The van der Waals surface area contributed by atoms with Gasteiger partial charge in [-0.25, -0.2) is 0 Å². The first-order valence-corrected chi connectivity index (χ1v) is 11.0. The number of benzene rings is 2. The average molecular weight is 422 g/mol. The van der Waals surface area contributed by atoms with Crippen LogP contribution in [0.1, 0.15) is 40.7 Å². The smallest absolute Gasteiger partial charge is 0.221 e. The Bertz CT molecular complexity index is 924. The molecule has 1 amide bonds. The lowest BCUT2D eigenvalue weighted by atomic mass is 9.97. The maximum atomic E-state index is 11.5. The topological polar surface area (TPSA) is 82.8 Å². The molecule has 2 aromatic carbocycles. The minimum atomic E-state index is -0.178. The van der Waals surface area contributed by atoms with Crippen molar-refractivity contribution in [2.24, 2.45) is 16.6 Å². The molecule has 2 aromatic rings. The molecule has 6 heteroatoms. The Morgan fingerprint density at radius 3 is 2.65 bits per heavy atom. The summed E-state index contributed by atoms with van der Waals surface area (Å²) in [5.74, 6) is 0.582. The number of guanidine groups is 1. The largest absolute Gasteiger partial charge is 0.369 e. The Morgan fingerprint density at radius 2 is 1.90 bits per heavy atom. The predicted octanol–water partition coefficient (Wildman–Crippen LogP) is 2.87. The number of nitrogens with one attached hydrogen (secondary N) is 2. The highest BCUT2D eigenvalue weighted by Crippen LogP contribution is 2.19. The third-order valence-corrected chi connectivity index (χ3v) is 5.93. The van der Waals surface area contributed by atoms with Gasteiger partial charge in [-0.05, 0) is 55.5 Å². The standard InChI is InChI=1S/C25H35N5O/c1-18-9-10-22(19(2)12-18)15-29-25(27-3)28-14-20-6-4-7-21(13-20)16-30-11-5-8-23(17-30)24(26)31/h4,6-7,9-10,12-13,23H,5,8,11,14-17H2,1-3H3,(H2,26,31)(H2,27,28,29). The van der Waals surface area contributed by atoms with Crippen LogP contribution in [0.2, 0.25) is 0 Å². The molecule has 1 fully saturated rings. The van der Waals surface area contributed by atoms with Crippen LogP contribution in [0.4, 0.5) is 0 Å². The highest BCUT2D eigenvalue weighted by molar-refractivity contribution is 5.79. The van der Waals surface area contributed by atoms with Gasteiger partial charge < -0.3 is 16.4 Å². The van der Waals surface area contributed by atoms with Crippen LogP contribution < -0.4 is 16.4 Å². The number of rotatable bonds is 7. The van der Waals surface area contributed by atoms with Gasteiger partial charge in [-0.1, -0.05) is 48.0 Å². The van der Waals surface area contributed by atoms with Crippen molar-refractivity contribution in [3.63, 3.8) is 0 Å². The van der Waals surface area contributed by atoms with Crippen LogP contribution in [-0.2, 0) is 24.4 Å². The van der Waals surface area contributed by atoms with E-state index in [2.05, 4.69) is 76.8 Å². The van der Waals surface area contributed by atoms with Gasteiger partial charge in [0.05, 0.1) is 5.92 Å². The van der Waals surface area contributed by atoms with E-state index in [1.807, 2.05) is 0 Å². The van der Waals surface area contributed by atoms with Gasteiger partial charge >= 0.3 is 0 Å². The molecule has 166 valence electrons. The molecule has 4 N–H and O–H groups in total. The molecule has 0 aliphatic carbocycles. The lowest BCUT2D eigenvalue weighted by molar-refractivity contribution is -0.123. The molecular formula is C25H35N5O. The van der Waals surface area contributed by atoms with E-state index >= 15 is 0 Å². The summed E-state index contributed by atoms with van der Waals surface area (Å²) in [7, 11) is 1.79. The molecule has 31 heavy (non-hydrogen) atoms. The van der Waals surface area contributed by atoms with Gasteiger partial charge in [-0.15, -0.1) is 0 Å². The molecule has 1 atom stereocenters. The van der Waals surface area contributed by atoms with Crippen LogP contribution in [0.25, 0.3) is 0 Å². The van der Waals surface area contributed by atoms with Crippen molar-refractivity contribution in [3.8, 4) is 0 Å². The number of primary amides is 1. The lowest BCUT2D eigenvalue weighted by Gasteiger charge is -2.31. The van der Waals surface area contributed by atoms with E-state index in [1.54, 1.807) is 7.05 Å². The number of aryl methyl sites for hydroxylation is 2. The van der Waals surface area contributed by atoms with Crippen molar-refractivity contribution in [2.75, 3.05) is 20.1 Å². The van der Waals surface area contributed by atoms with E-state index in [0.29, 0.717) is 6.54 Å². The number of nitrogens with two attached hydrogens (primary N) is 1. The van der Waals surface area contributed by atoms with E-state index in [-0.39, 0.29) is 11.8 Å². The summed E-state index contributed by atoms with van der Waals surface area (Å²) in [5.41, 5.74) is 11.8. The second-order valence-corrected chi connectivity index (χ2v) is 8.51. The zero-order valence-electron chi connectivity index (χ0n) is 18.9. The van der Waals surface area contributed by atoms with Gasteiger partial charge in [0.15, 0.2) is 5.96 Å². The molecule has 1 unspecified atom stereocenters. The van der Waals surface area contributed by atoms with Crippen LogP contribution >= 0.6 is 0 Å². The molecule has 1 aliphatic rings. The molecule has 3 rings (SSSR count). The number of carbonyl (C=O) groups excluding carboxylic acids is 1. The lowest BCUT2D eigenvalue weighted by Crippen LogP contribution is -2.40. The van der Waals surface area contributed by atoms with E-state index in [0.717, 1.165) is 45.0 Å². The van der Waals surface area contributed by atoms with Crippen LogP contribution in [0.5, 0.6) is 0 Å². The fourth-order valence-electron chi connectivity index (χ4n) is 4.16. The number of nitrogens with zero attached hydrogens (tertiary/aromatic N) is 2. The van der Waals surface area contributed by atoms with Crippen LogP contribution in [0, 0.1) is 19.8 Å². The maximum absolute atomic E-state index is 11.5. The third kappa shape index (κ3) is 6.82. The highest BCUT2D eigenvalue weighted by Gasteiger charge is 2.23. The fourth-order valence-corrected chi connectivity index (χ4v) is 4.16. The molecule has 0 spiro atoms. The van der Waals surface area contributed by atoms with Gasteiger partial charge in [-0.2, -0.15) is 0 Å². The van der Waals surface area contributed by atoms with Crippen molar-refractivity contribution in [2.45, 2.75) is 46.3 Å². The normalized spacial score (nSPS) is 17.4. The highest BCUT2D eigenvalue weighted by atomic mass is 16.1. The summed E-state index contributed by atoms with van der Waals surface area (Å²) >= 11 is 0. The first kappa shape index (κ1) is 22.8. The summed E-state index contributed by atoms with van der Waals surface area (Å²) in [5, 5.41) is 6.80. The van der Waals surface area contributed by atoms with Gasteiger partial charge in [-0.3, -0.25) is 14.7 Å². The van der Waals surface area contributed by atoms with Crippen LogP contribution in [0.15, 0.2) is 47.5 Å². The van der Waals surface area contributed by atoms with E-state index in [1.165, 1.54) is 27.8 Å². The SMILES string of the molecule is CN=C(NCc1cccc(CN2CCCC(C(N)=O)C2)c1)NCc1ccc(C)cc1C. The van der Waals surface area contributed by atoms with Crippen molar-refractivity contribution >= 4 is 11.9 Å². The first-order chi connectivity index (χ1) is 14.9. The maximum Gasteiger partial charge on any atom is 0.221 e. The first-order valence-electron chi connectivity index (χ1n) is 11.0. The molecule has 6 nitrogen and oxygen atoms in total. The number of likely N-dealkylation sites (tertiary alicyclic amines) is 1. The van der Waals surface area contributed by atoms with Crippen LogP contribution in [0.3, 0.4) is 0 Å². The molecule has 0 saturated carbocycles. The number of carbonyl (C=O) groups is 1. The van der Waals surface area contributed by atoms with E-state index in [4.69, 9.17) is 5.73 Å². The molecule has 0 aromatic heterocycles. The third-order valence-electron chi connectivity index (χ3n) is 5.93. The Balaban J connectivity index is 1.52. The molecule has 0 radical (unpaired) electrons. The quantitative estimate of drug-likeness (QED) is 0.474. The summed E-state index contributed by atoms with van der Waals surface area (Å²) in [4.78, 5) is 18.2. The Hall–Kier alpha value is -2.86. The minimum Gasteiger partial charge on any atom is -0.369 e. The number of aliphatic imine (C=N–C) groups is 1. The summed E-state index contributed by atoms with van der Waals surface area (Å²) in [6.07, 6.45) is 1.93. The number of amides is 1. The van der Waals surface area contributed by atoms with Crippen LogP contribution in [-0.4, -0.2) is 36.9 Å². The molecule has 1 saturated heterocycles. The summed E-state index contributed by atoms with van der Waals surface area (Å²) in [6.45, 7) is 8.30. The number of piperidine rings is 1. The summed E-state index contributed by atoms with van der Waals surface area (Å²) in [6, 6.07) is 15.1. The zero-order valence-corrected chi connectivity index (χ0v) is 18.9. The van der Waals surface area contributed by atoms with Crippen molar-refractivity contribution in [1.82, 2.24) is 15.5 Å². The Labute approximate surface area is 185 Å². The molecule has 0 bridgehead atoms. The second-order valence-electron chi connectivity index (χ2n) is 8.51. The predicted molar refractivity (Wildman–Crippen MR) is 127 cm³/mol. The zero-order chi connectivity index (χ0) is 22.2. The van der Waals surface area contributed by atoms with Crippen molar-refractivity contribution < 1.29 is 4.79 Å². The second kappa shape index (κ2) is 11.0. The minimum absolute atomic E-state index is 0.0230. The Kier molecular flexibility index (Phi) is 8.06. The Morgan fingerprint density at radius 1 is 1.13 bits per heavy atom. The van der Waals surface area contributed by atoms with E-state index in [9.17, 15) is 4.79 Å². The van der Waals surface area contributed by atoms with Gasteiger partial charge in [0.2, 0.25) is 5.91 Å². The molecule has 1 heterocycles. The van der Waals surface area contributed by atoms with Gasteiger partial charge in [0, 0.05) is 33.2 Å². The van der Waals surface area contributed by atoms with Gasteiger partial charge in [0.1, 0.15) is 0 Å². The fraction of sp³-hybridized carbons (Fsp3) is 0.440. The monoisotopic (exact) mass is 421 g/mol. The molecular weight excluding hydrogens is 386 g/mol. The van der Waals surface area contributed by atoms with E-state index < -0.39 is 0 Å². The van der Waals surface area contributed by atoms with Crippen molar-refractivity contribution in [1.29, 1.82) is 0 Å². The molecule has 1 aliphatic heterocycles.